The van der Waals surface area contributed by atoms with Gasteiger partial charge >= 0.3 is 0 Å². The van der Waals surface area contributed by atoms with Crippen LogP contribution in [-0.4, -0.2) is 50.1 Å². The van der Waals surface area contributed by atoms with Gasteiger partial charge in [-0.2, -0.15) is 10.1 Å². The number of carbonyl (C=O) groups excluding carboxylic acids is 1. The molecular weight excluding hydrogens is 373 g/mol. The number of piperidine rings is 1. The van der Waals surface area contributed by atoms with Gasteiger partial charge in [-0.05, 0) is 49.1 Å². The van der Waals surface area contributed by atoms with Crippen molar-refractivity contribution >= 4 is 11.7 Å². The van der Waals surface area contributed by atoms with Crippen molar-refractivity contribution in [3.8, 4) is 5.75 Å². The van der Waals surface area contributed by atoms with E-state index >= 15 is 0 Å². The van der Waals surface area contributed by atoms with Gasteiger partial charge in [-0.15, -0.1) is 0 Å². The van der Waals surface area contributed by atoms with E-state index in [1.807, 2.05) is 11.0 Å². The molecule has 4 rings (SSSR count). The van der Waals surface area contributed by atoms with Crippen LogP contribution in [0.25, 0.3) is 5.78 Å². The molecule has 1 aromatic carbocycles. The molecule has 7 nitrogen and oxygen atoms in total. The van der Waals surface area contributed by atoms with Crippen molar-refractivity contribution in [2.75, 3.05) is 19.7 Å². The summed E-state index contributed by atoms with van der Waals surface area (Å²) in [6, 6.07) is 7.81. The first-order chi connectivity index (χ1) is 14.0. The number of fused-ring (bicyclic) bond motifs is 1. The summed E-state index contributed by atoms with van der Waals surface area (Å²) in [4.78, 5) is 23.5. The van der Waals surface area contributed by atoms with Crippen molar-refractivity contribution in [2.45, 2.75) is 32.6 Å². The minimum Gasteiger partial charge on any atom is -0.493 e. The second-order valence-electron chi connectivity index (χ2n) is 7.72. The molecular formula is C21H24FN5O2. The van der Waals surface area contributed by atoms with Crippen molar-refractivity contribution in [2.24, 2.45) is 5.92 Å². The highest BCUT2D eigenvalue weighted by atomic mass is 19.1. The van der Waals surface area contributed by atoms with E-state index in [-0.39, 0.29) is 23.6 Å². The number of hydrogen-bond donors (Lipinski definition) is 0. The molecule has 3 aromatic rings. The summed E-state index contributed by atoms with van der Waals surface area (Å²) < 4.78 is 20.5. The monoisotopic (exact) mass is 397 g/mol. The van der Waals surface area contributed by atoms with Gasteiger partial charge in [0.05, 0.1) is 12.3 Å². The molecule has 152 valence electrons. The van der Waals surface area contributed by atoms with Gasteiger partial charge in [-0.3, -0.25) is 4.79 Å². The summed E-state index contributed by atoms with van der Waals surface area (Å²) in [5.74, 6) is 1.10. The molecule has 1 atom stereocenters. The number of carbonyl (C=O) groups is 1. The summed E-state index contributed by atoms with van der Waals surface area (Å²) in [6.45, 7) is 5.89. The summed E-state index contributed by atoms with van der Waals surface area (Å²) in [5, 5.41) is 4.20. The number of benzene rings is 1. The molecule has 0 saturated carbocycles. The molecule has 1 saturated heterocycles. The molecule has 2 aromatic heterocycles. The maximum atomic E-state index is 13.1. The van der Waals surface area contributed by atoms with Crippen LogP contribution in [0.1, 0.15) is 48.8 Å². The van der Waals surface area contributed by atoms with Crippen molar-refractivity contribution in [3.05, 3.63) is 53.9 Å². The Labute approximate surface area is 168 Å². The molecule has 1 aliphatic rings. The van der Waals surface area contributed by atoms with Gasteiger partial charge in [-0.1, -0.05) is 13.8 Å². The van der Waals surface area contributed by atoms with Crippen LogP contribution in [0, 0.1) is 11.7 Å². The van der Waals surface area contributed by atoms with Gasteiger partial charge in [0.1, 0.15) is 23.6 Å². The number of likely N-dealkylation sites (tertiary alicyclic amines) is 1. The van der Waals surface area contributed by atoms with Crippen LogP contribution < -0.4 is 4.74 Å². The Morgan fingerprint density at radius 2 is 2.10 bits per heavy atom. The molecule has 0 N–H and O–H groups in total. The van der Waals surface area contributed by atoms with Crippen LogP contribution >= 0.6 is 0 Å². The summed E-state index contributed by atoms with van der Waals surface area (Å²) in [6.07, 6.45) is 3.35. The van der Waals surface area contributed by atoms with Gasteiger partial charge < -0.3 is 9.64 Å². The Balaban J connectivity index is 1.46. The SMILES string of the molecule is CC(C)c1cc(C(=O)N2CCCC(COc3ccc(F)cc3)C2)nc2ncnn12. The summed E-state index contributed by atoms with van der Waals surface area (Å²) in [7, 11) is 0. The predicted molar refractivity (Wildman–Crippen MR) is 105 cm³/mol. The molecule has 0 aliphatic carbocycles. The number of rotatable bonds is 5. The number of halogens is 1. The van der Waals surface area contributed by atoms with E-state index in [1.165, 1.54) is 18.5 Å². The number of ether oxygens (including phenoxy) is 1. The van der Waals surface area contributed by atoms with Crippen LogP contribution in [0.3, 0.4) is 0 Å². The Morgan fingerprint density at radius 3 is 2.86 bits per heavy atom. The normalized spacial score (nSPS) is 17.1. The van der Waals surface area contributed by atoms with Crippen LogP contribution in [-0.2, 0) is 0 Å². The summed E-state index contributed by atoms with van der Waals surface area (Å²) in [5.41, 5.74) is 1.30. The van der Waals surface area contributed by atoms with Gasteiger partial charge in [0.25, 0.3) is 11.7 Å². The van der Waals surface area contributed by atoms with Crippen LogP contribution in [0.5, 0.6) is 5.75 Å². The van der Waals surface area contributed by atoms with E-state index in [4.69, 9.17) is 4.74 Å². The highest BCUT2D eigenvalue weighted by Gasteiger charge is 2.27. The molecule has 0 bridgehead atoms. The quantitative estimate of drug-likeness (QED) is 0.660. The maximum absolute atomic E-state index is 13.1. The molecule has 1 unspecified atom stereocenters. The Bertz CT molecular complexity index is 1000. The van der Waals surface area contributed by atoms with Gasteiger partial charge in [0.2, 0.25) is 0 Å². The minimum atomic E-state index is -0.287. The largest absolute Gasteiger partial charge is 0.493 e. The zero-order valence-corrected chi connectivity index (χ0v) is 16.6. The molecule has 0 spiro atoms. The second-order valence-corrected chi connectivity index (χ2v) is 7.72. The highest BCUT2D eigenvalue weighted by Crippen LogP contribution is 2.22. The molecule has 1 fully saturated rings. The number of nitrogens with zero attached hydrogens (tertiary/aromatic N) is 5. The highest BCUT2D eigenvalue weighted by molar-refractivity contribution is 5.93. The van der Waals surface area contributed by atoms with E-state index < -0.39 is 0 Å². The lowest BCUT2D eigenvalue weighted by Crippen LogP contribution is -2.42. The first-order valence-electron chi connectivity index (χ1n) is 9.89. The molecule has 0 radical (unpaired) electrons. The zero-order chi connectivity index (χ0) is 20.4. The van der Waals surface area contributed by atoms with Crippen molar-refractivity contribution < 1.29 is 13.9 Å². The number of amides is 1. The van der Waals surface area contributed by atoms with Gasteiger partial charge in [-0.25, -0.2) is 13.9 Å². The van der Waals surface area contributed by atoms with Crippen molar-refractivity contribution in [3.63, 3.8) is 0 Å². The van der Waals surface area contributed by atoms with Gasteiger partial charge in [0, 0.05) is 19.0 Å². The topological polar surface area (TPSA) is 72.6 Å². The molecule has 29 heavy (non-hydrogen) atoms. The van der Waals surface area contributed by atoms with Crippen LogP contribution in [0.2, 0.25) is 0 Å². The van der Waals surface area contributed by atoms with E-state index in [2.05, 4.69) is 28.9 Å². The van der Waals surface area contributed by atoms with Crippen molar-refractivity contribution in [1.29, 1.82) is 0 Å². The second kappa shape index (κ2) is 8.14. The average Bonchev–Trinajstić information content (AvgIpc) is 3.21. The Hall–Kier alpha value is -3.03. The third-order valence-electron chi connectivity index (χ3n) is 5.20. The van der Waals surface area contributed by atoms with E-state index in [1.54, 1.807) is 16.6 Å². The van der Waals surface area contributed by atoms with E-state index in [9.17, 15) is 9.18 Å². The lowest BCUT2D eigenvalue weighted by atomic mass is 9.98. The van der Waals surface area contributed by atoms with E-state index in [0.29, 0.717) is 36.9 Å². The Morgan fingerprint density at radius 1 is 1.31 bits per heavy atom. The third kappa shape index (κ3) is 4.21. The predicted octanol–water partition coefficient (Wildman–Crippen LogP) is 3.32. The zero-order valence-electron chi connectivity index (χ0n) is 16.6. The first-order valence-corrected chi connectivity index (χ1v) is 9.89. The summed E-state index contributed by atoms with van der Waals surface area (Å²) >= 11 is 0. The lowest BCUT2D eigenvalue weighted by Gasteiger charge is -2.32. The molecule has 8 heteroatoms. The third-order valence-corrected chi connectivity index (χ3v) is 5.20. The smallest absolute Gasteiger partial charge is 0.272 e. The number of hydrogen-bond acceptors (Lipinski definition) is 5. The average molecular weight is 397 g/mol. The fourth-order valence-corrected chi connectivity index (χ4v) is 3.65. The van der Waals surface area contributed by atoms with E-state index in [0.717, 1.165) is 18.5 Å². The standard InChI is InChI=1S/C21H24FN5O2/c1-14(2)19-10-18(25-21-23-13-24-27(19)21)20(28)26-9-3-4-15(11-26)12-29-17-7-5-16(22)6-8-17/h5-8,10,13-15H,3-4,9,11-12H2,1-2H3. The number of aromatic nitrogens is 4. The molecule has 1 aliphatic heterocycles. The minimum absolute atomic E-state index is 0.0936. The fourth-order valence-electron chi connectivity index (χ4n) is 3.65. The lowest BCUT2D eigenvalue weighted by molar-refractivity contribution is 0.0627. The van der Waals surface area contributed by atoms with Crippen LogP contribution in [0.15, 0.2) is 36.7 Å². The molecule has 1 amide bonds. The van der Waals surface area contributed by atoms with Crippen molar-refractivity contribution in [1.82, 2.24) is 24.5 Å². The first kappa shape index (κ1) is 19.3. The van der Waals surface area contributed by atoms with Gasteiger partial charge in [0.15, 0.2) is 0 Å². The molecule has 3 heterocycles. The fraction of sp³-hybridized carbons (Fsp3) is 0.429. The van der Waals surface area contributed by atoms with Crippen LogP contribution in [0.4, 0.5) is 4.39 Å². The Kier molecular flexibility index (Phi) is 5.42. The maximum Gasteiger partial charge on any atom is 0.272 e.